The summed E-state index contributed by atoms with van der Waals surface area (Å²) in [5.74, 6) is 1.93. The molecular formula is C11H19NO2S3. The van der Waals surface area contributed by atoms with Crippen molar-refractivity contribution in [1.29, 1.82) is 0 Å². The lowest BCUT2D eigenvalue weighted by Gasteiger charge is -2.04. The average molecular weight is 293 g/mol. The lowest BCUT2D eigenvalue weighted by Crippen LogP contribution is -2.17. The zero-order chi connectivity index (χ0) is 12.7. The number of aryl methyl sites for hydroxylation is 1. The highest BCUT2D eigenvalue weighted by molar-refractivity contribution is 8.00. The Kier molecular flexibility index (Phi) is 6.54. The zero-order valence-electron chi connectivity index (χ0n) is 10.2. The van der Waals surface area contributed by atoms with Gasteiger partial charge in [0.1, 0.15) is 9.84 Å². The molecule has 0 unspecified atom stereocenters. The molecule has 0 fully saturated rings. The van der Waals surface area contributed by atoms with Crippen LogP contribution in [0.25, 0.3) is 0 Å². The maximum absolute atomic E-state index is 10.9. The lowest BCUT2D eigenvalue weighted by molar-refractivity contribution is 0.603. The molecule has 0 aromatic carbocycles. The Morgan fingerprint density at radius 2 is 2.18 bits per heavy atom. The number of hydrogen-bond donors (Lipinski definition) is 1. The molecule has 0 amide bonds. The van der Waals surface area contributed by atoms with Gasteiger partial charge in [-0.2, -0.15) is 11.8 Å². The first-order valence-electron chi connectivity index (χ1n) is 5.48. The number of rotatable bonds is 8. The van der Waals surface area contributed by atoms with Crippen LogP contribution in [0.3, 0.4) is 0 Å². The Hall–Kier alpha value is -0.0400. The predicted octanol–water partition coefficient (Wildman–Crippen LogP) is 1.92. The highest BCUT2D eigenvalue weighted by atomic mass is 32.2. The van der Waals surface area contributed by atoms with E-state index in [0.29, 0.717) is 5.75 Å². The van der Waals surface area contributed by atoms with E-state index in [0.717, 1.165) is 18.8 Å². The molecular weight excluding hydrogens is 274 g/mol. The van der Waals surface area contributed by atoms with Crippen LogP contribution >= 0.6 is 23.1 Å². The third-order valence-corrected chi connectivity index (χ3v) is 5.49. The standard InChI is InChI=1S/C11H19NO2S3/c1-10-3-5-16-11(10)9-12-4-6-15-7-8-17(2,13)14/h3,5,12H,4,6-9H2,1-2H3. The Morgan fingerprint density at radius 3 is 2.76 bits per heavy atom. The van der Waals surface area contributed by atoms with Crippen LogP contribution in [0, 0.1) is 6.92 Å². The fourth-order valence-corrected chi connectivity index (χ4v) is 4.29. The van der Waals surface area contributed by atoms with Crippen molar-refractivity contribution in [2.24, 2.45) is 0 Å². The minimum absolute atomic E-state index is 0.279. The van der Waals surface area contributed by atoms with E-state index >= 15 is 0 Å². The molecule has 0 radical (unpaired) electrons. The average Bonchev–Trinajstić information content (AvgIpc) is 2.61. The number of sulfone groups is 1. The molecule has 1 aromatic rings. The zero-order valence-corrected chi connectivity index (χ0v) is 12.7. The van der Waals surface area contributed by atoms with Gasteiger partial charge in [-0.25, -0.2) is 8.42 Å². The summed E-state index contributed by atoms with van der Waals surface area (Å²) < 4.78 is 21.8. The van der Waals surface area contributed by atoms with Gasteiger partial charge in [0, 0.05) is 35.7 Å². The molecule has 1 heterocycles. The van der Waals surface area contributed by atoms with Crippen LogP contribution in [-0.2, 0) is 16.4 Å². The molecule has 0 saturated carbocycles. The highest BCUT2D eigenvalue weighted by Gasteiger charge is 2.01. The summed E-state index contributed by atoms with van der Waals surface area (Å²) in [5, 5.41) is 5.47. The van der Waals surface area contributed by atoms with Gasteiger partial charge in [-0.1, -0.05) is 0 Å². The topological polar surface area (TPSA) is 46.2 Å². The smallest absolute Gasteiger partial charge is 0.148 e. The quantitative estimate of drug-likeness (QED) is 0.744. The molecule has 1 N–H and O–H groups in total. The highest BCUT2D eigenvalue weighted by Crippen LogP contribution is 2.14. The van der Waals surface area contributed by atoms with Gasteiger partial charge in [-0.3, -0.25) is 0 Å². The van der Waals surface area contributed by atoms with Gasteiger partial charge in [0.25, 0.3) is 0 Å². The van der Waals surface area contributed by atoms with Gasteiger partial charge < -0.3 is 5.32 Å². The van der Waals surface area contributed by atoms with Crippen molar-refractivity contribution in [3.05, 3.63) is 21.9 Å². The van der Waals surface area contributed by atoms with Gasteiger partial charge in [0.15, 0.2) is 0 Å². The Labute approximate surface area is 112 Å². The largest absolute Gasteiger partial charge is 0.311 e. The monoisotopic (exact) mass is 293 g/mol. The second-order valence-electron chi connectivity index (χ2n) is 3.95. The molecule has 1 aromatic heterocycles. The number of thioether (sulfide) groups is 1. The molecule has 0 saturated heterocycles. The molecule has 0 atom stereocenters. The van der Waals surface area contributed by atoms with Crippen molar-refractivity contribution in [3.8, 4) is 0 Å². The van der Waals surface area contributed by atoms with Crippen molar-refractivity contribution in [2.45, 2.75) is 13.5 Å². The number of hydrogen-bond acceptors (Lipinski definition) is 5. The Balaban J connectivity index is 2.00. The molecule has 0 spiro atoms. The fraction of sp³-hybridized carbons (Fsp3) is 0.636. The van der Waals surface area contributed by atoms with Gasteiger partial charge in [-0.05, 0) is 23.9 Å². The van der Waals surface area contributed by atoms with Crippen molar-refractivity contribution in [3.63, 3.8) is 0 Å². The van der Waals surface area contributed by atoms with Gasteiger partial charge in [0.2, 0.25) is 0 Å². The summed E-state index contributed by atoms with van der Waals surface area (Å²) in [5.41, 5.74) is 1.34. The minimum atomic E-state index is -2.80. The van der Waals surface area contributed by atoms with Crippen LogP contribution in [0.4, 0.5) is 0 Å². The Morgan fingerprint density at radius 1 is 1.41 bits per heavy atom. The van der Waals surface area contributed by atoms with E-state index in [1.54, 1.807) is 23.1 Å². The van der Waals surface area contributed by atoms with E-state index in [2.05, 4.69) is 23.7 Å². The molecule has 0 aliphatic carbocycles. The summed E-state index contributed by atoms with van der Waals surface area (Å²) in [7, 11) is -2.80. The van der Waals surface area contributed by atoms with Gasteiger partial charge in [-0.15, -0.1) is 11.3 Å². The third kappa shape index (κ3) is 7.08. The molecule has 17 heavy (non-hydrogen) atoms. The lowest BCUT2D eigenvalue weighted by atomic mass is 10.3. The SMILES string of the molecule is Cc1ccsc1CNCCSCCS(C)(=O)=O. The van der Waals surface area contributed by atoms with Crippen LogP contribution in [0.2, 0.25) is 0 Å². The first kappa shape index (κ1) is 15.0. The van der Waals surface area contributed by atoms with E-state index in [9.17, 15) is 8.42 Å². The first-order chi connectivity index (χ1) is 7.99. The van der Waals surface area contributed by atoms with E-state index in [1.165, 1.54) is 16.7 Å². The molecule has 1 rings (SSSR count). The predicted molar refractivity (Wildman–Crippen MR) is 77.8 cm³/mol. The fourth-order valence-electron chi connectivity index (χ4n) is 1.24. The summed E-state index contributed by atoms with van der Waals surface area (Å²) in [4.78, 5) is 1.38. The molecule has 0 bridgehead atoms. The van der Waals surface area contributed by atoms with Gasteiger partial charge >= 0.3 is 0 Å². The molecule has 98 valence electrons. The second kappa shape index (κ2) is 7.41. The van der Waals surface area contributed by atoms with E-state index in [1.807, 2.05) is 0 Å². The second-order valence-corrected chi connectivity index (χ2v) is 8.43. The van der Waals surface area contributed by atoms with E-state index in [-0.39, 0.29) is 5.75 Å². The van der Waals surface area contributed by atoms with E-state index < -0.39 is 9.84 Å². The summed E-state index contributed by atoms with van der Waals surface area (Å²) >= 11 is 3.46. The molecule has 6 heteroatoms. The van der Waals surface area contributed by atoms with E-state index in [4.69, 9.17) is 0 Å². The minimum Gasteiger partial charge on any atom is -0.311 e. The van der Waals surface area contributed by atoms with Crippen molar-refractivity contribution in [1.82, 2.24) is 5.32 Å². The van der Waals surface area contributed by atoms with Crippen LogP contribution in [0.15, 0.2) is 11.4 Å². The van der Waals surface area contributed by atoms with Gasteiger partial charge in [0.05, 0.1) is 5.75 Å². The molecule has 0 aliphatic rings. The van der Waals surface area contributed by atoms with Crippen LogP contribution in [-0.4, -0.2) is 38.5 Å². The van der Waals surface area contributed by atoms with Crippen LogP contribution < -0.4 is 5.32 Å². The van der Waals surface area contributed by atoms with Crippen molar-refractivity contribution >= 4 is 32.9 Å². The summed E-state index contributed by atoms with van der Waals surface area (Å²) in [6, 6.07) is 2.13. The number of thiophene rings is 1. The summed E-state index contributed by atoms with van der Waals surface area (Å²) in [6.45, 7) is 3.95. The van der Waals surface area contributed by atoms with Crippen LogP contribution in [0.5, 0.6) is 0 Å². The van der Waals surface area contributed by atoms with Crippen molar-refractivity contribution < 1.29 is 8.42 Å². The number of nitrogens with one attached hydrogen (secondary N) is 1. The van der Waals surface area contributed by atoms with Crippen molar-refractivity contribution in [2.75, 3.05) is 30.1 Å². The summed E-state index contributed by atoms with van der Waals surface area (Å²) in [6.07, 6.45) is 1.28. The normalized spacial score (nSPS) is 11.9. The Bertz CT molecular complexity index is 426. The maximum atomic E-state index is 10.9. The maximum Gasteiger partial charge on any atom is 0.148 e. The van der Waals surface area contributed by atoms with Crippen LogP contribution in [0.1, 0.15) is 10.4 Å². The first-order valence-corrected chi connectivity index (χ1v) is 9.57. The molecule has 0 aliphatic heterocycles. The molecule has 3 nitrogen and oxygen atoms in total. The third-order valence-electron chi connectivity index (χ3n) is 2.28.